The number of hydrogen-bond acceptors (Lipinski definition) is 5. The molecule has 1 saturated carbocycles. The fourth-order valence-electron chi connectivity index (χ4n) is 2.39. The highest BCUT2D eigenvalue weighted by atomic mass is 16.5. The van der Waals surface area contributed by atoms with E-state index in [0.717, 1.165) is 32.1 Å². The van der Waals surface area contributed by atoms with Crippen molar-refractivity contribution in [2.75, 3.05) is 13.2 Å². The Labute approximate surface area is 119 Å². The fraction of sp³-hybridized carbons (Fsp3) is 0.714. The third-order valence-electron chi connectivity index (χ3n) is 3.67. The Hall–Kier alpha value is -1.40. The van der Waals surface area contributed by atoms with Gasteiger partial charge in [0, 0.05) is 19.2 Å². The maximum atomic E-state index is 11.8. The molecule has 0 bridgehead atoms. The molecule has 1 aromatic rings. The van der Waals surface area contributed by atoms with E-state index in [-0.39, 0.29) is 5.91 Å². The predicted octanol–water partition coefficient (Wildman–Crippen LogP) is 1.39. The minimum Gasteiger partial charge on any atom is -0.378 e. The molecule has 0 aliphatic heterocycles. The van der Waals surface area contributed by atoms with Crippen molar-refractivity contribution in [3.63, 3.8) is 0 Å². The zero-order valence-corrected chi connectivity index (χ0v) is 11.9. The molecule has 0 unspecified atom stereocenters. The number of nitrogens with one attached hydrogen (secondary N) is 1. The van der Waals surface area contributed by atoms with Crippen LogP contribution in [0.2, 0.25) is 0 Å². The Morgan fingerprint density at radius 3 is 2.90 bits per heavy atom. The van der Waals surface area contributed by atoms with Gasteiger partial charge in [-0.2, -0.15) is 0 Å². The molecule has 1 amide bonds. The Kier molecular flexibility index (Phi) is 5.55. The number of hydrogen-bond donors (Lipinski definition) is 2. The predicted molar refractivity (Wildman–Crippen MR) is 74.4 cm³/mol. The second kappa shape index (κ2) is 7.40. The summed E-state index contributed by atoms with van der Waals surface area (Å²) in [6, 6.07) is 0.348. The number of rotatable bonds is 6. The Balaban J connectivity index is 1.56. The van der Waals surface area contributed by atoms with Crippen molar-refractivity contribution in [2.45, 2.75) is 51.2 Å². The number of aryl methyl sites for hydroxylation is 1. The van der Waals surface area contributed by atoms with Crippen LogP contribution in [-0.4, -0.2) is 36.4 Å². The number of aromatic nitrogens is 1. The molecule has 6 nitrogen and oxygen atoms in total. The Morgan fingerprint density at radius 1 is 1.50 bits per heavy atom. The van der Waals surface area contributed by atoms with Crippen LogP contribution in [-0.2, 0) is 4.74 Å². The molecule has 20 heavy (non-hydrogen) atoms. The lowest BCUT2D eigenvalue weighted by Crippen LogP contribution is -2.31. The summed E-state index contributed by atoms with van der Waals surface area (Å²) in [4.78, 5) is 11.8. The van der Waals surface area contributed by atoms with E-state index in [9.17, 15) is 4.79 Å². The van der Waals surface area contributed by atoms with Crippen LogP contribution >= 0.6 is 0 Å². The first kappa shape index (κ1) is 15.0. The first-order valence-corrected chi connectivity index (χ1v) is 7.23. The molecule has 0 spiro atoms. The van der Waals surface area contributed by atoms with Gasteiger partial charge in [-0.05, 0) is 39.0 Å². The molecule has 0 radical (unpaired) electrons. The third-order valence-corrected chi connectivity index (χ3v) is 3.67. The highest BCUT2D eigenvalue weighted by Gasteiger charge is 2.18. The smallest absolute Gasteiger partial charge is 0.256 e. The van der Waals surface area contributed by atoms with Crippen LogP contribution in [0.4, 0.5) is 0 Å². The minimum atomic E-state index is -0.146. The van der Waals surface area contributed by atoms with E-state index in [1.807, 2.05) is 0 Å². The third kappa shape index (κ3) is 4.31. The van der Waals surface area contributed by atoms with Gasteiger partial charge in [0.05, 0.1) is 12.3 Å². The molecule has 1 fully saturated rings. The first-order valence-electron chi connectivity index (χ1n) is 7.23. The molecule has 1 heterocycles. The normalized spacial score (nSPS) is 22.7. The van der Waals surface area contributed by atoms with Gasteiger partial charge in [-0.1, -0.05) is 5.16 Å². The molecular weight excluding hydrogens is 258 g/mol. The van der Waals surface area contributed by atoms with Crippen molar-refractivity contribution < 1.29 is 14.1 Å². The summed E-state index contributed by atoms with van der Waals surface area (Å²) < 4.78 is 10.6. The summed E-state index contributed by atoms with van der Waals surface area (Å²) in [5.74, 6) is 0.393. The van der Waals surface area contributed by atoms with Crippen LogP contribution in [0.15, 0.2) is 10.7 Å². The molecule has 3 N–H and O–H groups in total. The van der Waals surface area contributed by atoms with Crippen LogP contribution in [0.25, 0.3) is 0 Å². The summed E-state index contributed by atoms with van der Waals surface area (Å²) in [6.07, 6.45) is 6.78. The van der Waals surface area contributed by atoms with E-state index in [0.29, 0.717) is 36.6 Å². The Morgan fingerprint density at radius 2 is 2.25 bits per heavy atom. The summed E-state index contributed by atoms with van der Waals surface area (Å²) >= 11 is 0. The number of nitrogens with zero attached hydrogens (tertiary/aromatic N) is 1. The molecule has 1 aliphatic carbocycles. The molecule has 1 aromatic heterocycles. The molecule has 0 aromatic carbocycles. The summed E-state index contributed by atoms with van der Waals surface area (Å²) in [5, 5.41) is 6.42. The molecule has 0 atom stereocenters. The maximum Gasteiger partial charge on any atom is 0.256 e. The second-order valence-corrected chi connectivity index (χ2v) is 5.31. The standard InChI is InChI=1S/C14H23N3O3/c1-10-13(9-17-20-10)14(18)16-7-2-8-19-12-5-3-11(15)4-6-12/h9,11-12H,2-8,15H2,1H3,(H,16,18). The van der Waals surface area contributed by atoms with Gasteiger partial charge < -0.3 is 20.3 Å². The second-order valence-electron chi connectivity index (χ2n) is 5.31. The van der Waals surface area contributed by atoms with Crippen molar-refractivity contribution in [1.29, 1.82) is 0 Å². The van der Waals surface area contributed by atoms with Crippen molar-refractivity contribution in [3.8, 4) is 0 Å². The van der Waals surface area contributed by atoms with Crippen molar-refractivity contribution in [1.82, 2.24) is 10.5 Å². The highest BCUT2D eigenvalue weighted by Crippen LogP contribution is 2.19. The molecule has 0 saturated heterocycles. The van der Waals surface area contributed by atoms with Gasteiger partial charge in [-0.15, -0.1) is 0 Å². The molecule has 6 heteroatoms. The molecule has 112 valence electrons. The zero-order chi connectivity index (χ0) is 14.4. The molecule has 2 rings (SSSR count). The zero-order valence-electron chi connectivity index (χ0n) is 11.9. The van der Waals surface area contributed by atoms with Crippen molar-refractivity contribution >= 4 is 5.91 Å². The van der Waals surface area contributed by atoms with E-state index in [1.165, 1.54) is 6.20 Å². The van der Waals surface area contributed by atoms with Crippen molar-refractivity contribution in [3.05, 3.63) is 17.5 Å². The largest absolute Gasteiger partial charge is 0.378 e. The lowest BCUT2D eigenvalue weighted by atomic mass is 9.94. The lowest BCUT2D eigenvalue weighted by Gasteiger charge is -2.26. The monoisotopic (exact) mass is 281 g/mol. The minimum absolute atomic E-state index is 0.146. The van der Waals surface area contributed by atoms with Gasteiger partial charge in [0.2, 0.25) is 0 Å². The van der Waals surface area contributed by atoms with Gasteiger partial charge in [0.1, 0.15) is 11.3 Å². The van der Waals surface area contributed by atoms with Crippen LogP contribution < -0.4 is 11.1 Å². The first-order chi connectivity index (χ1) is 9.66. The number of nitrogens with two attached hydrogens (primary N) is 1. The van der Waals surface area contributed by atoms with Gasteiger partial charge >= 0.3 is 0 Å². The summed E-state index contributed by atoms with van der Waals surface area (Å²) in [5.41, 5.74) is 6.34. The highest BCUT2D eigenvalue weighted by molar-refractivity contribution is 5.94. The number of carbonyl (C=O) groups excluding carboxylic acids is 1. The molecule has 1 aliphatic rings. The van der Waals surface area contributed by atoms with Crippen LogP contribution in [0.1, 0.15) is 48.2 Å². The maximum absolute atomic E-state index is 11.8. The van der Waals surface area contributed by atoms with E-state index >= 15 is 0 Å². The quantitative estimate of drug-likeness (QED) is 0.769. The van der Waals surface area contributed by atoms with Gasteiger partial charge in [0.25, 0.3) is 5.91 Å². The van der Waals surface area contributed by atoms with E-state index in [4.69, 9.17) is 15.0 Å². The fourth-order valence-corrected chi connectivity index (χ4v) is 2.39. The van der Waals surface area contributed by atoms with Gasteiger partial charge in [-0.3, -0.25) is 4.79 Å². The summed E-state index contributed by atoms with van der Waals surface area (Å²) in [7, 11) is 0. The van der Waals surface area contributed by atoms with E-state index < -0.39 is 0 Å². The average Bonchev–Trinajstić information content (AvgIpc) is 2.86. The SMILES string of the molecule is Cc1oncc1C(=O)NCCCOC1CCC(N)CC1. The van der Waals surface area contributed by atoms with E-state index in [2.05, 4.69) is 10.5 Å². The topological polar surface area (TPSA) is 90.4 Å². The molecular formula is C14H23N3O3. The number of carbonyl (C=O) groups is 1. The average molecular weight is 281 g/mol. The van der Waals surface area contributed by atoms with Crippen molar-refractivity contribution in [2.24, 2.45) is 5.73 Å². The van der Waals surface area contributed by atoms with E-state index in [1.54, 1.807) is 6.92 Å². The van der Waals surface area contributed by atoms with Crippen LogP contribution in [0.3, 0.4) is 0 Å². The van der Waals surface area contributed by atoms with Gasteiger partial charge in [0.15, 0.2) is 0 Å². The summed E-state index contributed by atoms with van der Waals surface area (Å²) in [6.45, 7) is 2.98. The number of ether oxygens (including phenoxy) is 1. The number of amides is 1. The van der Waals surface area contributed by atoms with Crippen LogP contribution in [0, 0.1) is 6.92 Å². The van der Waals surface area contributed by atoms with Gasteiger partial charge in [-0.25, -0.2) is 0 Å². The van der Waals surface area contributed by atoms with Crippen LogP contribution in [0.5, 0.6) is 0 Å². The lowest BCUT2D eigenvalue weighted by molar-refractivity contribution is 0.0241. The Bertz CT molecular complexity index is 425.